The molecule has 110 valence electrons. The van der Waals surface area contributed by atoms with Crippen LogP contribution < -0.4 is 4.74 Å². The number of aliphatic hydroxyl groups excluding tert-OH is 1. The molecule has 2 heteroatoms. The SMILES string of the molecule is Cc1cc(C)c(CC(O)C2Cc3ccccc3O2)c(C)c1. The van der Waals surface area contributed by atoms with Crippen molar-refractivity contribution in [2.24, 2.45) is 0 Å². The normalized spacial score (nSPS) is 18.2. The number of benzene rings is 2. The van der Waals surface area contributed by atoms with Gasteiger partial charge in [0.05, 0.1) is 6.10 Å². The molecule has 2 aromatic rings. The highest BCUT2D eigenvalue weighted by Crippen LogP contribution is 2.31. The van der Waals surface area contributed by atoms with Gasteiger partial charge >= 0.3 is 0 Å². The third-order valence-corrected chi connectivity index (χ3v) is 4.35. The van der Waals surface area contributed by atoms with Crippen LogP contribution >= 0.6 is 0 Å². The molecule has 1 aliphatic rings. The quantitative estimate of drug-likeness (QED) is 0.933. The van der Waals surface area contributed by atoms with Crippen LogP contribution in [-0.2, 0) is 12.8 Å². The second-order valence-electron chi connectivity index (χ2n) is 6.12. The number of ether oxygens (including phenoxy) is 1. The molecule has 0 aliphatic carbocycles. The number of aryl methyl sites for hydroxylation is 3. The van der Waals surface area contributed by atoms with Gasteiger partial charge in [-0.05, 0) is 49.1 Å². The van der Waals surface area contributed by atoms with E-state index >= 15 is 0 Å². The number of hydrogen-bond acceptors (Lipinski definition) is 2. The molecular weight excluding hydrogens is 260 g/mol. The fraction of sp³-hybridized carbons (Fsp3) is 0.368. The Morgan fingerprint density at radius 1 is 1.14 bits per heavy atom. The standard InChI is InChI=1S/C19H22O2/c1-12-8-13(2)16(14(3)9-12)11-17(20)19-10-15-6-4-5-7-18(15)21-19/h4-9,17,19-20H,10-11H2,1-3H3. The summed E-state index contributed by atoms with van der Waals surface area (Å²) in [6.07, 6.45) is 0.831. The van der Waals surface area contributed by atoms with Crippen LogP contribution in [0.5, 0.6) is 5.75 Å². The Morgan fingerprint density at radius 3 is 2.48 bits per heavy atom. The lowest BCUT2D eigenvalue weighted by Gasteiger charge is -2.20. The predicted octanol–water partition coefficient (Wildman–Crippen LogP) is 3.52. The van der Waals surface area contributed by atoms with Gasteiger partial charge in [0.15, 0.2) is 0 Å². The van der Waals surface area contributed by atoms with Crippen LogP contribution in [0.15, 0.2) is 36.4 Å². The molecule has 2 unspecified atom stereocenters. The van der Waals surface area contributed by atoms with Crippen LogP contribution in [0.1, 0.15) is 27.8 Å². The maximum Gasteiger partial charge on any atom is 0.129 e. The summed E-state index contributed by atoms with van der Waals surface area (Å²) in [5.74, 6) is 0.916. The molecule has 21 heavy (non-hydrogen) atoms. The molecule has 1 aliphatic heterocycles. The summed E-state index contributed by atoms with van der Waals surface area (Å²) >= 11 is 0. The molecule has 2 nitrogen and oxygen atoms in total. The second-order valence-corrected chi connectivity index (χ2v) is 6.12. The Morgan fingerprint density at radius 2 is 1.81 bits per heavy atom. The summed E-state index contributed by atoms with van der Waals surface area (Å²) < 4.78 is 5.89. The van der Waals surface area contributed by atoms with Crippen molar-refractivity contribution < 1.29 is 9.84 Å². The van der Waals surface area contributed by atoms with Gasteiger partial charge in [-0.2, -0.15) is 0 Å². The molecule has 0 fully saturated rings. The van der Waals surface area contributed by atoms with Crippen molar-refractivity contribution in [3.8, 4) is 5.75 Å². The lowest BCUT2D eigenvalue weighted by molar-refractivity contribution is 0.0501. The van der Waals surface area contributed by atoms with Crippen LogP contribution in [0, 0.1) is 20.8 Å². The topological polar surface area (TPSA) is 29.5 Å². The van der Waals surface area contributed by atoms with E-state index < -0.39 is 6.10 Å². The molecule has 2 aromatic carbocycles. The third-order valence-electron chi connectivity index (χ3n) is 4.35. The van der Waals surface area contributed by atoms with Gasteiger partial charge in [0.1, 0.15) is 11.9 Å². The van der Waals surface area contributed by atoms with Gasteiger partial charge in [0.25, 0.3) is 0 Å². The number of aliphatic hydroxyl groups is 1. The first-order valence-corrected chi connectivity index (χ1v) is 7.54. The molecule has 0 spiro atoms. The first-order chi connectivity index (χ1) is 10.0. The highest BCUT2D eigenvalue weighted by molar-refractivity contribution is 5.40. The van der Waals surface area contributed by atoms with Gasteiger partial charge in [-0.1, -0.05) is 35.9 Å². The van der Waals surface area contributed by atoms with Crippen LogP contribution in [0.4, 0.5) is 0 Å². The van der Waals surface area contributed by atoms with Crippen molar-refractivity contribution in [1.29, 1.82) is 0 Å². The molecule has 3 rings (SSSR count). The van der Waals surface area contributed by atoms with Crippen LogP contribution in [0.2, 0.25) is 0 Å². The monoisotopic (exact) mass is 282 g/mol. The Kier molecular flexibility index (Phi) is 3.73. The van der Waals surface area contributed by atoms with Crippen LogP contribution in [-0.4, -0.2) is 17.3 Å². The van der Waals surface area contributed by atoms with Crippen molar-refractivity contribution in [3.63, 3.8) is 0 Å². The summed E-state index contributed by atoms with van der Waals surface area (Å²) in [7, 11) is 0. The maximum atomic E-state index is 10.6. The van der Waals surface area contributed by atoms with E-state index in [2.05, 4.69) is 39.0 Å². The zero-order chi connectivity index (χ0) is 15.0. The van der Waals surface area contributed by atoms with Gasteiger partial charge in [-0.15, -0.1) is 0 Å². The summed E-state index contributed by atoms with van der Waals surface area (Å²) in [5, 5.41) is 10.6. The summed E-state index contributed by atoms with van der Waals surface area (Å²) in [4.78, 5) is 0. The average molecular weight is 282 g/mol. The van der Waals surface area contributed by atoms with Crippen molar-refractivity contribution in [2.75, 3.05) is 0 Å². The smallest absolute Gasteiger partial charge is 0.129 e. The molecule has 0 saturated carbocycles. The van der Waals surface area contributed by atoms with E-state index in [1.165, 1.54) is 27.8 Å². The Balaban J connectivity index is 1.75. The van der Waals surface area contributed by atoms with Crippen molar-refractivity contribution >= 4 is 0 Å². The zero-order valence-electron chi connectivity index (χ0n) is 12.9. The average Bonchev–Trinajstić information content (AvgIpc) is 2.86. The first-order valence-electron chi connectivity index (χ1n) is 7.54. The summed E-state index contributed by atoms with van der Waals surface area (Å²) in [5.41, 5.74) is 6.21. The van der Waals surface area contributed by atoms with Gasteiger partial charge in [-0.25, -0.2) is 0 Å². The second kappa shape index (κ2) is 5.53. The van der Waals surface area contributed by atoms with Crippen LogP contribution in [0.25, 0.3) is 0 Å². The molecule has 0 saturated heterocycles. The number of rotatable bonds is 3. The van der Waals surface area contributed by atoms with Crippen molar-refractivity contribution in [2.45, 2.75) is 45.8 Å². The fourth-order valence-corrected chi connectivity index (χ4v) is 3.30. The Labute approximate surface area is 126 Å². The highest BCUT2D eigenvalue weighted by atomic mass is 16.5. The van der Waals surface area contributed by atoms with E-state index in [9.17, 15) is 5.11 Å². The molecular formula is C19H22O2. The van der Waals surface area contributed by atoms with Gasteiger partial charge in [0, 0.05) is 12.8 Å². The van der Waals surface area contributed by atoms with Gasteiger partial charge < -0.3 is 9.84 Å². The maximum absolute atomic E-state index is 10.6. The minimum atomic E-state index is -0.475. The minimum absolute atomic E-state index is 0.137. The minimum Gasteiger partial charge on any atom is -0.487 e. The lowest BCUT2D eigenvalue weighted by atomic mass is 9.93. The van der Waals surface area contributed by atoms with Gasteiger partial charge in [0.2, 0.25) is 0 Å². The molecule has 1 heterocycles. The molecule has 2 atom stereocenters. The van der Waals surface area contributed by atoms with E-state index in [1.54, 1.807) is 0 Å². The number of para-hydroxylation sites is 1. The molecule has 0 radical (unpaired) electrons. The molecule has 0 bridgehead atoms. The van der Waals surface area contributed by atoms with Gasteiger partial charge in [-0.3, -0.25) is 0 Å². The first kappa shape index (κ1) is 14.2. The van der Waals surface area contributed by atoms with Crippen LogP contribution in [0.3, 0.4) is 0 Å². The Hall–Kier alpha value is -1.80. The third kappa shape index (κ3) is 2.81. The molecule has 1 N–H and O–H groups in total. The van der Waals surface area contributed by atoms with E-state index in [1.807, 2.05) is 18.2 Å². The van der Waals surface area contributed by atoms with E-state index in [0.29, 0.717) is 6.42 Å². The Bertz CT molecular complexity index is 612. The van der Waals surface area contributed by atoms with Crippen molar-refractivity contribution in [3.05, 3.63) is 64.2 Å². The van der Waals surface area contributed by atoms with E-state index in [0.717, 1.165) is 12.2 Å². The molecule has 0 aromatic heterocycles. The predicted molar refractivity (Wildman–Crippen MR) is 84.9 cm³/mol. The largest absolute Gasteiger partial charge is 0.487 e. The highest BCUT2D eigenvalue weighted by Gasteiger charge is 2.29. The van der Waals surface area contributed by atoms with Crippen molar-refractivity contribution in [1.82, 2.24) is 0 Å². The summed E-state index contributed by atoms with van der Waals surface area (Å²) in [6.45, 7) is 6.34. The number of hydrogen-bond donors (Lipinski definition) is 1. The van der Waals surface area contributed by atoms with E-state index in [4.69, 9.17) is 4.74 Å². The molecule has 0 amide bonds. The number of fused-ring (bicyclic) bond motifs is 1. The fourth-order valence-electron chi connectivity index (χ4n) is 3.30. The summed E-state index contributed by atoms with van der Waals surface area (Å²) in [6, 6.07) is 12.4. The lowest BCUT2D eigenvalue weighted by Crippen LogP contribution is -2.32. The zero-order valence-corrected chi connectivity index (χ0v) is 12.9. The van der Waals surface area contributed by atoms with E-state index in [-0.39, 0.29) is 6.10 Å².